The molecule has 0 aliphatic carbocycles. The molecule has 1 amide bonds. The molecule has 4 aromatic rings. The van der Waals surface area contributed by atoms with Gasteiger partial charge in [0.15, 0.2) is 17.6 Å². The third-order valence-corrected chi connectivity index (χ3v) is 6.99. The van der Waals surface area contributed by atoms with E-state index in [2.05, 4.69) is 11.1 Å². The van der Waals surface area contributed by atoms with Crippen molar-refractivity contribution in [3.05, 3.63) is 65.5 Å². The second-order valence-electron chi connectivity index (χ2n) is 6.83. The van der Waals surface area contributed by atoms with Gasteiger partial charge in [0, 0.05) is 7.05 Å². The number of aromatic nitrogens is 1. The van der Waals surface area contributed by atoms with Crippen molar-refractivity contribution in [2.45, 2.75) is 6.10 Å². The Labute approximate surface area is 176 Å². The number of hydrogen-bond acceptors (Lipinski definition) is 6. The summed E-state index contributed by atoms with van der Waals surface area (Å²) in [6.07, 6.45) is -0.192. The van der Waals surface area contributed by atoms with Crippen LogP contribution in [0.2, 0.25) is 0 Å². The normalized spacial score (nSPS) is 15.4. The van der Waals surface area contributed by atoms with Crippen LogP contribution in [-0.2, 0) is 0 Å². The van der Waals surface area contributed by atoms with Gasteiger partial charge in [-0.05, 0) is 36.4 Å². The van der Waals surface area contributed by atoms with Crippen molar-refractivity contribution in [2.75, 3.05) is 20.2 Å². The molecule has 7 heteroatoms. The average molecular weight is 423 g/mol. The van der Waals surface area contributed by atoms with Gasteiger partial charge in [-0.25, -0.2) is 4.98 Å². The number of ether oxygens (including phenoxy) is 2. The minimum atomic E-state index is -0.192. The molecule has 146 valence electrons. The highest BCUT2D eigenvalue weighted by atomic mass is 32.1. The van der Waals surface area contributed by atoms with E-state index in [0.717, 1.165) is 31.6 Å². The summed E-state index contributed by atoms with van der Waals surface area (Å²) in [6, 6.07) is 19.5. The van der Waals surface area contributed by atoms with Crippen molar-refractivity contribution in [1.29, 1.82) is 0 Å². The Morgan fingerprint density at radius 3 is 2.72 bits per heavy atom. The summed E-state index contributed by atoms with van der Waals surface area (Å²) in [5.41, 5.74) is 0.987. The first-order valence-electron chi connectivity index (χ1n) is 9.27. The van der Waals surface area contributed by atoms with Crippen molar-refractivity contribution in [2.24, 2.45) is 0 Å². The van der Waals surface area contributed by atoms with Crippen LogP contribution in [0.1, 0.15) is 9.67 Å². The lowest BCUT2D eigenvalue weighted by atomic mass is 10.2. The van der Waals surface area contributed by atoms with Gasteiger partial charge in [-0.2, -0.15) is 0 Å². The lowest BCUT2D eigenvalue weighted by Gasteiger charge is -2.29. The van der Waals surface area contributed by atoms with Crippen molar-refractivity contribution < 1.29 is 14.3 Å². The molecule has 29 heavy (non-hydrogen) atoms. The zero-order valence-corrected chi connectivity index (χ0v) is 17.3. The van der Waals surface area contributed by atoms with Gasteiger partial charge >= 0.3 is 0 Å². The fourth-order valence-electron chi connectivity index (χ4n) is 3.27. The standard InChI is InChI=1S/C22H18N2O3S2/c1-24(12-14-13-26-16-7-3-4-8-17(16)27-14)22(25)20-11-10-19(28-20)21-23-15-6-2-5-9-18(15)29-21/h2-11,14H,12-13H2,1H3. The van der Waals surface area contributed by atoms with Gasteiger partial charge in [0.05, 0.1) is 26.5 Å². The zero-order chi connectivity index (χ0) is 19.8. The van der Waals surface area contributed by atoms with Crippen molar-refractivity contribution in [1.82, 2.24) is 9.88 Å². The number of thiazole rings is 1. The van der Waals surface area contributed by atoms with E-state index in [1.165, 1.54) is 11.3 Å². The highest BCUT2D eigenvalue weighted by molar-refractivity contribution is 7.26. The monoisotopic (exact) mass is 422 g/mol. The van der Waals surface area contributed by atoms with Gasteiger partial charge in [-0.15, -0.1) is 22.7 Å². The molecule has 0 bridgehead atoms. The van der Waals surface area contributed by atoms with Gasteiger partial charge in [0.2, 0.25) is 0 Å². The van der Waals surface area contributed by atoms with Gasteiger partial charge < -0.3 is 14.4 Å². The minimum Gasteiger partial charge on any atom is -0.486 e. The number of carbonyl (C=O) groups excluding carboxylic acids is 1. The molecule has 1 aliphatic heterocycles. The number of hydrogen-bond donors (Lipinski definition) is 0. The maximum atomic E-state index is 12.9. The summed E-state index contributed by atoms with van der Waals surface area (Å²) in [5.74, 6) is 1.44. The van der Waals surface area contributed by atoms with E-state index in [0.29, 0.717) is 18.0 Å². The second kappa shape index (κ2) is 7.50. The highest BCUT2D eigenvalue weighted by Crippen LogP contribution is 2.35. The first-order valence-corrected chi connectivity index (χ1v) is 10.9. The summed E-state index contributed by atoms with van der Waals surface area (Å²) in [7, 11) is 1.79. The third-order valence-electron chi connectivity index (χ3n) is 4.71. The van der Waals surface area contributed by atoms with Crippen LogP contribution in [0.3, 0.4) is 0 Å². The molecule has 2 aromatic heterocycles. The molecule has 2 aromatic carbocycles. The topological polar surface area (TPSA) is 51.7 Å². The van der Waals surface area contributed by atoms with Crippen molar-refractivity contribution in [3.63, 3.8) is 0 Å². The molecule has 1 atom stereocenters. The van der Waals surface area contributed by atoms with E-state index in [-0.39, 0.29) is 12.0 Å². The Kier molecular flexibility index (Phi) is 4.69. The van der Waals surface area contributed by atoms with Crippen LogP contribution in [-0.4, -0.2) is 42.1 Å². The molecule has 1 unspecified atom stereocenters. The predicted octanol–water partition coefficient (Wildman–Crippen LogP) is 4.94. The van der Waals surface area contributed by atoms with Gasteiger partial charge in [0.25, 0.3) is 5.91 Å². The maximum absolute atomic E-state index is 12.9. The molecule has 3 heterocycles. The molecule has 0 saturated heterocycles. The molecule has 5 rings (SSSR count). The smallest absolute Gasteiger partial charge is 0.263 e. The number of benzene rings is 2. The van der Waals surface area contributed by atoms with E-state index in [9.17, 15) is 4.79 Å². The first kappa shape index (κ1) is 18.1. The number of para-hydroxylation sites is 3. The molecule has 0 radical (unpaired) electrons. The third kappa shape index (κ3) is 3.59. The van der Waals surface area contributed by atoms with E-state index in [1.54, 1.807) is 23.3 Å². The van der Waals surface area contributed by atoms with Crippen LogP contribution in [0, 0.1) is 0 Å². The number of rotatable bonds is 4. The number of likely N-dealkylation sites (N-methyl/N-ethyl adjacent to an activating group) is 1. The Hall–Kier alpha value is -2.90. The average Bonchev–Trinajstić information content (AvgIpc) is 3.40. The molecular weight excluding hydrogens is 404 g/mol. The number of carbonyl (C=O) groups is 1. The number of thiophene rings is 1. The van der Waals surface area contributed by atoms with Crippen molar-refractivity contribution in [3.8, 4) is 21.4 Å². The Balaban J connectivity index is 1.28. The zero-order valence-electron chi connectivity index (χ0n) is 15.7. The first-order chi connectivity index (χ1) is 14.2. The molecule has 1 aliphatic rings. The largest absolute Gasteiger partial charge is 0.486 e. The summed E-state index contributed by atoms with van der Waals surface area (Å²) >= 11 is 3.12. The quantitative estimate of drug-likeness (QED) is 0.468. The molecule has 0 saturated carbocycles. The Morgan fingerprint density at radius 1 is 1.07 bits per heavy atom. The van der Waals surface area contributed by atoms with E-state index < -0.39 is 0 Å². The van der Waals surface area contributed by atoms with E-state index in [4.69, 9.17) is 9.47 Å². The van der Waals surface area contributed by atoms with Crippen LogP contribution >= 0.6 is 22.7 Å². The van der Waals surface area contributed by atoms with Crippen LogP contribution < -0.4 is 9.47 Å². The fraction of sp³-hybridized carbons (Fsp3) is 0.182. The predicted molar refractivity (Wildman–Crippen MR) is 116 cm³/mol. The number of amides is 1. The lowest BCUT2D eigenvalue weighted by molar-refractivity contribution is 0.0524. The Bertz CT molecular complexity index is 1150. The summed E-state index contributed by atoms with van der Waals surface area (Å²) in [6.45, 7) is 0.886. The molecule has 0 fully saturated rings. The van der Waals surface area contributed by atoms with Crippen molar-refractivity contribution >= 4 is 38.8 Å². The van der Waals surface area contributed by atoms with Gasteiger partial charge in [-0.3, -0.25) is 4.79 Å². The summed E-state index contributed by atoms with van der Waals surface area (Å²) in [5, 5.41) is 0.943. The second-order valence-corrected chi connectivity index (χ2v) is 8.95. The lowest BCUT2D eigenvalue weighted by Crippen LogP contribution is -2.41. The van der Waals surface area contributed by atoms with Crippen LogP contribution in [0.25, 0.3) is 20.1 Å². The summed E-state index contributed by atoms with van der Waals surface area (Å²) < 4.78 is 12.9. The minimum absolute atomic E-state index is 0.0233. The molecule has 5 nitrogen and oxygen atoms in total. The van der Waals surface area contributed by atoms with Crippen LogP contribution in [0.4, 0.5) is 0 Å². The number of fused-ring (bicyclic) bond motifs is 2. The molecule has 0 N–H and O–H groups in total. The van der Waals surface area contributed by atoms with Gasteiger partial charge in [-0.1, -0.05) is 24.3 Å². The number of nitrogens with zero attached hydrogens (tertiary/aromatic N) is 2. The van der Waals surface area contributed by atoms with Gasteiger partial charge in [0.1, 0.15) is 11.6 Å². The SMILES string of the molecule is CN(CC1COc2ccccc2O1)C(=O)c1ccc(-c2nc3ccccc3s2)s1. The van der Waals surface area contributed by atoms with Crippen LogP contribution in [0.5, 0.6) is 11.5 Å². The summed E-state index contributed by atoms with van der Waals surface area (Å²) in [4.78, 5) is 21.0. The van der Waals surface area contributed by atoms with Crippen LogP contribution in [0.15, 0.2) is 60.7 Å². The van der Waals surface area contributed by atoms with E-state index >= 15 is 0 Å². The van der Waals surface area contributed by atoms with E-state index in [1.807, 2.05) is 54.6 Å². The fourth-order valence-corrected chi connectivity index (χ4v) is 5.30. The molecule has 0 spiro atoms. The highest BCUT2D eigenvalue weighted by Gasteiger charge is 2.25. The Morgan fingerprint density at radius 2 is 1.86 bits per heavy atom. The molecular formula is C22H18N2O3S2. The maximum Gasteiger partial charge on any atom is 0.263 e.